The van der Waals surface area contributed by atoms with Gasteiger partial charge in [0, 0.05) is 12.6 Å². The van der Waals surface area contributed by atoms with E-state index >= 15 is 0 Å². The number of anilines is 1. The average Bonchev–Trinajstić information content (AvgIpc) is 2.29. The SMILES string of the molecule is Cc1ccc(C)c(CNc2cc(=O)[nH]c(=O)[nH]2)c1. The molecule has 1 aromatic heterocycles. The minimum absolute atomic E-state index is 0.415. The van der Waals surface area contributed by atoms with Crippen LogP contribution in [0.3, 0.4) is 0 Å². The lowest BCUT2D eigenvalue weighted by molar-refractivity contribution is 1.00. The topological polar surface area (TPSA) is 77.8 Å². The molecule has 5 nitrogen and oxygen atoms in total. The van der Waals surface area contributed by atoms with Gasteiger partial charge in [-0.15, -0.1) is 0 Å². The van der Waals surface area contributed by atoms with Crippen LogP contribution < -0.4 is 16.6 Å². The predicted molar refractivity (Wildman–Crippen MR) is 70.9 cm³/mol. The Balaban J connectivity index is 2.18. The van der Waals surface area contributed by atoms with Gasteiger partial charge < -0.3 is 5.32 Å². The molecule has 0 atom stereocenters. The first-order valence-electron chi connectivity index (χ1n) is 5.68. The minimum Gasteiger partial charge on any atom is -0.367 e. The fourth-order valence-corrected chi connectivity index (χ4v) is 1.75. The molecule has 3 N–H and O–H groups in total. The van der Waals surface area contributed by atoms with Gasteiger partial charge in [0.2, 0.25) is 0 Å². The van der Waals surface area contributed by atoms with Gasteiger partial charge in [-0.2, -0.15) is 0 Å². The van der Waals surface area contributed by atoms with E-state index in [0.29, 0.717) is 12.4 Å². The van der Waals surface area contributed by atoms with E-state index in [-0.39, 0.29) is 0 Å². The van der Waals surface area contributed by atoms with Crippen molar-refractivity contribution >= 4 is 5.82 Å². The zero-order valence-corrected chi connectivity index (χ0v) is 10.3. The molecule has 2 rings (SSSR count). The van der Waals surface area contributed by atoms with E-state index in [1.54, 1.807) is 0 Å². The number of hydrogen-bond donors (Lipinski definition) is 3. The summed E-state index contributed by atoms with van der Waals surface area (Å²) in [5.41, 5.74) is 2.56. The van der Waals surface area contributed by atoms with Crippen molar-refractivity contribution < 1.29 is 0 Å². The normalized spacial score (nSPS) is 10.3. The number of benzene rings is 1. The van der Waals surface area contributed by atoms with E-state index in [0.717, 1.165) is 5.56 Å². The number of nitrogens with one attached hydrogen (secondary N) is 3. The highest BCUT2D eigenvalue weighted by atomic mass is 16.2. The quantitative estimate of drug-likeness (QED) is 0.762. The molecule has 1 aromatic carbocycles. The lowest BCUT2D eigenvalue weighted by Crippen LogP contribution is -2.22. The number of aryl methyl sites for hydroxylation is 2. The Morgan fingerprint density at radius 3 is 2.61 bits per heavy atom. The third kappa shape index (κ3) is 2.88. The summed E-state index contributed by atoms with van der Waals surface area (Å²) in [6.07, 6.45) is 0. The fraction of sp³-hybridized carbons (Fsp3) is 0.231. The van der Waals surface area contributed by atoms with E-state index < -0.39 is 11.2 Å². The summed E-state index contributed by atoms with van der Waals surface area (Å²) >= 11 is 0. The third-order valence-corrected chi connectivity index (χ3v) is 2.73. The van der Waals surface area contributed by atoms with E-state index in [1.807, 2.05) is 26.0 Å². The van der Waals surface area contributed by atoms with Gasteiger partial charge >= 0.3 is 5.69 Å². The lowest BCUT2D eigenvalue weighted by atomic mass is 10.1. The van der Waals surface area contributed by atoms with Crippen molar-refractivity contribution in [3.05, 3.63) is 61.8 Å². The summed E-state index contributed by atoms with van der Waals surface area (Å²) in [7, 11) is 0. The van der Waals surface area contributed by atoms with Crippen molar-refractivity contribution in [1.29, 1.82) is 0 Å². The second kappa shape index (κ2) is 4.91. The maximum atomic E-state index is 11.1. The van der Waals surface area contributed by atoms with Gasteiger partial charge in [-0.1, -0.05) is 23.8 Å². The molecule has 5 heteroatoms. The molecule has 1 heterocycles. The monoisotopic (exact) mass is 245 g/mol. The maximum Gasteiger partial charge on any atom is 0.327 e. The minimum atomic E-state index is -0.508. The Morgan fingerprint density at radius 1 is 1.11 bits per heavy atom. The zero-order chi connectivity index (χ0) is 13.1. The Bertz CT molecular complexity index is 642. The van der Waals surface area contributed by atoms with Crippen molar-refractivity contribution in [2.45, 2.75) is 20.4 Å². The van der Waals surface area contributed by atoms with Crippen molar-refractivity contribution in [3.63, 3.8) is 0 Å². The second-order valence-corrected chi connectivity index (χ2v) is 4.28. The highest BCUT2D eigenvalue weighted by Gasteiger charge is 2.00. The van der Waals surface area contributed by atoms with Gasteiger partial charge in [0.1, 0.15) is 5.82 Å². The van der Waals surface area contributed by atoms with Crippen LogP contribution in [-0.2, 0) is 6.54 Å². The summed E-state index contributed by atoms with van der Waals surface area (Å²) in [5, 5.41) is 3.04. The summed E-state index contributed by atoms with van der Waals surface area (Å²) in [4.78, 5) is 26.9. The first kappa shape index (κ1) is 12.2. The summed E-state index contributed by atoms with van der Waals surface area (Å²) in [5.74, 6) is 0.421. The van der Waals surface area contributed by atoms with Crippen LogP contribution in [0.5, 0.6) is 0 Å². The van der Waals surface area contributed by atoms with Crippen molar-refractivity contribution in [3.8, 4) is 0 Å². The first-order valence-corrected chi connectivity index (χ1v) is 5.68. The van der Waals surface area contributed by atoms with Crippen LogP contribution in [0.4, 0.5) is 5.82 Å². The Labute approximate surface area is 104 Å². The molecular weight excluding hydrogens is 230 g/mol. The molecule has 0 aliphatic rings. The highest BCUT2D eigenvalue weighted by molar-refractivity contribution is 5.37. The van der Waals surface area contributed by atoms with Crippen molar-refractivity contribution in [1.82, 2.24) is 9.97 Å². The Hall–Kier alpha value is -2.30. The third-order valence-electron chi connectivity index (χ3n) is 2.73. The van der Waals surface area contributed by atoms with E-state index in [4.69, 9.17) is 0 Å². The molecule has 18 heavy (non-hydrogen) atoms. The van der Waals surface area contributed by atoms with Crippen LogP contribution in [-0.4, -0.2) is 9.97 Å². The summed E-state index contributed by atoms with van der Waals surface area (Å²) < 4.78 is 0. The van der Waals surface area contributed by atoms with Crippen LogP contribution >= 0.6 is 0 Å². The van der Waals surface area contributed by atoms with Crippen LogP contribution in [0.25, 0.3) is 0 Å². The smallest absolute Gasteiger partial charge is 0.327 e. The first-order chi connectivity index (χ1) is 8.54. The molecule has 0 spiro atoms. The average molecular weight is 245 g/mol. The predicted octanol–water partition coefficient (Wildman–Crippen LogP) is 1.29. The molecule has 0 radical (unpaired) electrons. The van der Waals surface area contributed by atoms with Crippen LogP contribution in [0, 0.1) is 13.8 Å². The van der Waals surface area contributed by atoms with Gasteiger partial charge in [-0.25, -0.2) is 4.79 Å². The van der Waals surface area contributed by atoms with Gasteiger partial charge in [0.15, 0.2) is 0 Å². The fourth-order valence-electron chi connectivity index (χ4n) is 1.75. The van der Waals surface area contributed by atoms with Crippen LogP contribution in [0.1, 0.15) is 16.7 Å². The second-order valence-electron chi connectivity index (χ2n) is 4.28. The maximum absolute atomic E-state index is 11.1. The number of aromatic amines is 2. The van der Waals surface area contributed by atoms with Gasteiger partial charge in [0.05, 0.1) is 0 Å². The van der Waals surface area contributed by atoms with E-state index in [2.05, 4.69) is 21.4 Å². The van der Waals surface area contributed by atoms with Crippen LogP contribution in [0.2, 0.25) is 0 Å². The number of hydrogen-bond acceptors (Lipinski definition) is 3. The molecule has 0 amide bonds. The Kier molecular flexibility index (Phi) is 3.32. The molecule has 0 aliphatic carbocycles. The molecular formula is C13H15N3O2. The van der Waals surface area contributed by atoms with Crippen molar-refractivity contribution in [2.24, 2.45) is 0 Å². The summed E-state index contributed by atoms with van der Waals surface area (Å²) in [6, 6.07) is 7.50. The van der Waals surface area contributed by atoms with E-state index in [1.165, 1.54) is 17.2 Å². The van der Waals surface area contributed by atoms with Crippen LogP contribution in [0.15, 0.2) is 33.9 Å². The lowest BCUT2D eigenvalue weighted by Gasteiger charge is -2.09. The molecule has 0 aliphatic heterocycles. The Morgan fingerprint density at radius 2 is 1.89 bits per heavy atom. The summed E-state index contributed by atoms with van der Waals surface area (Å²) in [6.45, 7) is 4.61. The molecule has 94 valence electrons. The molecule has 0 unspecified atom stereocenters. The van der Waals surface area contributed by atoms with Crippen molar-refractivity contribution in [2.75, 3.05) is 5.32 Å². The van der Waals surface area contributed by atoms with Gasteiger partial charge in [0.25, 0.3) is 5.56 Å². The number of H-pyrrole nitrogens is 2. The zero-order valence-electron chi connectivity index (χ0n) is 10.3. The highest BCUT2D eigenvalue weighted by Crippen LogP contribution is 2.11. The molecule has 0 saturated heterocycles. The molecule has 0 fully saturated rings. The molecule has 2 aromatic rings. The molecule has 0 saturated carbocycles. The largest absolute Gasteiger partial charge is 0.367 e. The molecule has 0 bridgehead atoms. The number of rotatable bonds is 3. The van der Waals surface area contributed by atoms with Gasteiger partial charge in [-0.3, -0.25) is 14.8 Å². The standard InChI is InChI=1S/C13H15N3O2/c1-8-3-4-9(2)10(5-8)7-14-11-6-12(17)16-13(18)15-11/h3-6H,7H2,1-2H3,(H3,14,15,16,17,18). The number of aromatic nitrogens is 2. The van der Waals surface area contributed by atoms with Gasteiger partial charge in [-0.05, 0) is 25.0 Å². The van der Waals surface area contributed by atoms with E-state index in [9.17, 15) is 9.59 Å².